The van der Waals surface area contributed by atoms with E-state index in [0.717, 1.165) is 128 Å². The number of aromatic nitrogens is 1. The third-order valence-corrected chi connectivity index (χ3v) is 22.0. The Labute approximate surface area is 603 Å². The topological polar surface area (TPSA) is 37.7 Å². The fraction of sp³-hybridized carbons (Fsp3) is 0.258. The van der Waals surface area contributed by atoms with Gasteiger partial charge in [0, 0.05) is 66.5 Å². The second kappa shape index (κ2) is 23.3. The minimum Gasteiger partial charge on any atom is -0.455 e. The molecule has 16 rings (SSSR count). The maximum atomic E-state index is 7.84. The maximum Gasteiger partial charge on any atom is 0.160 e. The van der Waals surface area contributed by atoms with E-state index in [1.165, 1.54) is 44.2 Å². The van der Waals surface area contributed by atoms with Gasteiger partial charge in [0.2, 0.25) is 0 Å². The van der Waals surface area contributed by atoms with Crippen LogP contribution in [0.3, 0.4) is 0 Å². The van der Waals surface area contributed by atoms with Gasteiger partial charge in [0.05, 0.1) is 33.2 Å². The minimum atomic E-state index is -1.06. The standard InChI is InChI=1S/C97H95N3O2/c1-91(2,3)60-31-33-66(34-32-60)97(67-45-56-80-76(57-67)73-25-19-22-28-79(73)100(80)72-54-43-65(44-55-72)96(16,17)18)77-59-82(99(70-50-39-63(40-51-70)94(10,11)12)71-52-41-64(42-53-71)95(13,14)15)89-86(75-27-21-24-30-84(75)101-89)87(77)88-78(97)58-81(85-74-26-20-23-29-83(74)102-90(85)88)98(68-46-35-61(36-47-68)92(4,5)6)69-48-37-62(38-49-69)93(7,8)9/h19-59H,1-18H3. The highest BCUT2D eigenvalue weighted by atomic mass is 16.3. The van der Waals surface area contributed by atoms with E-state index in [-0.39, 0.29) is 32.5 Å². The number of fused-ring (bicyclic) bond motifs is 14. The number of hydrogen-bond donors (Lipinski definition) is 0. The Morgan fingerprint density at radius 2 is 0.627 bits per heavy atom. The summed E-state index contributed by atoms with van der Waals surface area (Å²) in [5.74, 6) is 0. The fourth-order valence-electron chi connectivity index (χ4n) is 16.2. The summed E-state index contributed by atoms with van der Waals surface area (Å²) < 4.78 is 18.0. The molecule has 1 atom stereocenters. The minimum absolute atomic E-state index is 0.000873. The van der Waals surface area contributed by atoms with Gasteiger partial charge in [-0.05, 0) is 191 Å². The molecule has 1 aliphatic carbocycles. The highest BCUT2D eigenvalue weighted by Crippen LogP contribution is 2.65. The average Bonchev–Trinajstić information content (AvgIpc) is 1.49. The molecule has 0 saturated heterocycles. The highest BCUT2D eigenvalue weighted by molar-refractivity contribution is 6.26. The van der Waals surface area contributed by atoms with Gasteiger partial charge in [-0.25, -0.2) is 0 Å². The predicted molar refractivity (Wildman–Crippen MR) is 434 cm³/mol. The van der Waals surface area contributed by atoms with Crippen molar-refractivity contribution in [1.82, 2.24) is 4.57 Å². The first-order valence-corrected chi connectivity index (χ1v) is 36.6. The van der Waals surface area contributed by atoms with Crippen LogP contribution in [0.2, 0.25) is 0 Å². The molecule has 12 aromatic carbocycles. The number of rotatable bonds is 9. The van der Waals surface area contributed by atoms with Gasteiger partial charge in [-0.1, -0.05) is 270 Å². The van der Waals surface area contributed by atoms with Crippen molar-refractivity contribution in [2.75, 3.05) is 9.80 Å². The SMILES string of the molecule is CC(C)(C)c1ccc(N(c2ccc(C(C)(C)C)cc2)c2cc3c(c4c2oc2ccccc24)-c2c(cc(N(c4ccc(C(C)(C)C)cc4)c4ccc(C(C)(C)C)cc4)c4c2oc2ccccc24)C3(c2ccc(C(C)(C)C)cc2)c2ccc3c(c2)c2ccccc2n3-c2ccc(C(C)(C)C)cc2)cc1. The summed E-state index contributed by atoms with van der Waals surface area (Å²) in [6.07, 6.45) is 0. The molecule has 0 radical (unpaired) electrons. The molecule has 0 amide bonds. The largest absolute Gasteiger partial charge is 0.455 e. The summed E-state index contributed by atoms with van der Waals surface area (Å²) >= 11 is 0. The molecule has 510 valence electrons. The van der Waals surface area contributed by atoms with Crippen molar-refractivity contribution in [3.05, 3.63) is 304 Å². The van der Waals surface area contributed by atoms with Crippen LogP contribution in [0, 0.1) is 0 Å². The summed E-state index contributed by atoms with van der Waals surface area (Å²) in [4.78, 5) is 4.98. The molecule has 15 aromatic rings. The van der Waals surface area contributed by atoms with Gasteiger partial charge in [-0.15, -0.1) is 0 Å². The molecule has 0 N–H and O–H groups in total. The number of para-hydroxylation sites is 3. The van der Waals surface area contributed by atoms with E-state index >= 15 is 0 Å². The molecule has 0 spiro atoms. The quantitative estimate of drug-likeness (QED) is 0.144. The lowest BCUT2D eigenvalue weighted by molar-refractivity contribution is 0.589. The van der Waals surface area contributed by atoms with Crippen molar-refractivity contribution in [2.24, 2.45) is 0 Å². The van der Waals surface area contributed by atoms with Gasteiger partial charge < -0.3 is 23.2 Å². The molecule has 0 fully saturated rings. The second-order valence-corrected chi connectivity index (χ2v) is 35.1. The van der Waals surface area contributed by atoms with Gasteiger partial charge in [-0.2, -0.15) is 0 Å². The molecule has 3 aromatic heterocycles. The molecule has 1 unspecified atom stereocenters. The second-order valence-electron chi connectivity index (χ2n) is 35.1. The van der Waals surface area contributed by atoms with Gasteiger partial charge in [0.25, 0.3) is 0 Å². The Morgan fingerprint density at radius 3 is 1.08 bits per heavy atom. The van der Waals surface area contributed by atoms with Crippen LogP contribution in [0.15, 0.2) is 258 Å². The number of anilines is 6. The van der Waals surface area contributed by atoms with E-state index in [2.05, 4.69) is 388 Å². The summed E-state index contributed by atoms with van der Waals surface area (Å²) in [5.41, 5.74) is 25.6. The zero-order chi connectivity index (χ0) is 71.5. The van der Waals surface area contributed by atoms with E-state index in [0.29, 0.717) is 0 Å². The Hall–Kier alpha value is -10.4. The molecule has 0 saturated carbocycles. The van der Waals surface area contributed by atoms with Crippen LogP contribution >= 0.6 is 0 Å². The van der Waals surface area contributed by atoms with E-state index in [4.69, 9.17) is 8.83 Å². The molecule has 3 heterocycles. The van der Waals surface area contributed by atoms with Gasteiger partial charge in [0.1, 0.15) is 16.7 Å². The van der Waals surface area contributed by atoms with Crippen LogP contribution in [0.1, 0.15) is 180 Å². The maximum absolute atomic E-state index is 7.84. The summed E-state index contributed by atoms with van der Waals surface area (Å²) in [6.45, 7) is 41.4. The van der Waals surface area contributed by atoms with E-state index in [1.54, 1.807) is 0 Å². The Balaban J connectivity index is 1.12. The summed E-state index contributed by atoms with van der Waals surface area (Å²) in [6, 6.07) is 95.0. The van der Waals surface area contributed by atoms with Crippen LogP contribution in [-0.4, -0.2) is 4.57 Å². The zero-order valence-corrected chi connectivity index (χ0v) is 62.8. The molecule has 102 heavy (non-hydrogen) atoms. The third kappa shape index (κ3) is 10.8. The van der Waals surface area contributed by atoms with E-state index < -0.39 is 5.41 Å². The highest BCUT2D eigenvalue weighted by Gasteiger charge is 2.51. The molecule has 0 bridgehead atoms. The Kier molecular flexibility index (Phi) is 15.2. The van der Waals surface area contributed by atoms with Crippen LogP contribution in [0.5, 0.6) is 0 Å². The lowest BCUT2D eigenvalue weighted by Crippen LogP contribution is -2.29. The molecule has 5 nitrogen and oxygen atoms in total. The molecular formula is C97H95N3O2. The first kappa shape index (κ1) is 66.2. The summed E-state index contributed by atoms with van der Waals surface area (Å²) in [7, 11) is 0. The third-order valence-electron chi connectivity index (χ3n) is 22.0. The Bertz CT molecular complexity index is 5640. The molecule has 5 heteroatoms. The van der Waals surface area contributed by atoms with Crippen molar-refractivity contribution in [3.63, 3.8) is 0 Å². The zero-order valence-electron chi connectivity index (χ0n) is 62.8. The monoisotopic (exact) mass is 1330 g/mol. The van der Waals surface area contributed by atoms with E-state index in [1.807, 2.05) is 0 Å². The van der Waals surface area contributed by atoms with Crippen LogP contribution in [0.25, 0.3) is 82.5 Å². The summed E-state index contributed by atoms with van der Waals surface area (Å²) in [5, 5.41) is 6.50. The number of benzene rings is 12. The number of hydrogen-bond acceptors (Lipinski definition) is 4. The van der Waals surface area contributed by atoms with Crippen LogP contribution < -0.4 is 9.80 Å². The number of furan rings is 2. The average molecular weight is 1330 g/mol. The first-order chi connectivity index (χ1) is 48.4. The predicted octanol–water partition coefficient (Wildman–Crippen LogP) is 27.7. The number of nitrogens with zero attached hydrogens (tertiary/aromatic N) is 3. The van der Waals surface area contributed by atoms with Crippen molar-refractivity contribution >= 4 is 99.8 Å². The smallest absolute Gasteiger partial charge is 0.160 e. The lowest BCUT2D eigenvalue weighted by Gasteiger charge is -2.36. The normalized spacial score (nSPS) is 14.6. The first-order valence-electron chi connectivity index (χ1n) is 36.6. The Morgan fingerprint density at radius 1 is 0.284 bits per heavy atom. The molecule has 0 aliphatic heterocycles. The van der Waals surface area contributed by atoms with Gasteiger partial charge in [-0.3, -0.25) is 0 Å². The van der Waals surface area contributed by atoms with Crippen molar-refractivity contribution in [3.8, 4) is 16.8 Å². The molecule has 1 aliphatic rings. The lowest BCUT2D eigenvalue weighted by atomic mass is 9.66. The van der Waals surface area contributed by atoms with E-state index in [9.17, 15) is 0 Å². The van der Waals surface area contributed by atoms with Crippen LogP contribution in [-0.2, 0) is 37.9 Å². The van der Waals surface area contributed by atoms with Crippen molar-refractivity contribution in [2.45, 2.75) is 163 Å². The van der Waals surface area contributed by atoms with Crippen molar-refractivity contribution < 1.29 is 8.83 Å². The van der Waals surface area contributed by atoms with Gasteiger partial charge >= 0.3 is 0 Å². The van der Waals surface area contributed by atoms with Crippen molar-refractivity contribution in [1.29, 1.82) is 0 Å². The fourth-order valence-corrected chi connectivity index (χ4v) is 16.2. The molecular weight excluding hydrogens is 1240 g/mol. The van der Waals surface area contributed by atoms with Gasteiger partial charge in [0.15, 0.2) is 5.58 Å². The van der Waals surface area contributed by atoms with Crippen LogP contribution in [0.4, 0.5) is 34.1 Å².